The molecule has 0 N–H and O–H groups in total. The SMILES string of the molecule is [CH](c1ccccc1)c1ccccc1.[H+]. The summed E-state index contributed by atoms with van der Waals surface area (Å²) in [6.07, 6.45) is 2.17. The van der Waals surface area contributed by atoms with Crippen LogP contribution in [0.15, 0.2) is 60.7 Å². The van der Waals surface area contributed by atoms with Crippen molar-refractivity contribution in [1.29, 1.82) is 0 Å². The number of hydrogen-bond donors (Lipinski definition) is 0. The molecular formula is C13H12+. The van der Waals surface area contributed by atoms with Gasteiger partial charge in [-0.15, -0.1) is 0 Å². The first kappa shape index (κ1) is 8.06. The van der Waals surface area contributed by atoms with Crippen molar-refractivity contribution in [2.45, 2.75) is 0 Å². The highest BCUT2D eigenvalue weighted by Crippen LogP contribution is 2.10. The van der Waals surface area contributed by atoms with Gasteiger partial charge >= 0.3 is 1.43 Å². The molecule has 0 amide bonds. The fourth-order valence-corrected chi connectivity index (χ4v) is 1.29. The molecular weight excluding hydrogens is 156 g/mol. The Kier molecular flexibility index (Phi) is 2.42. The summed E-state index contributed by atoms with van der Waals surface area (Å²) in [4.78, 5) is 0. The molecule has 0 heteroatoms. The van der Waals surface area contributed by atoms with E-state index in [0.717, 1.165) is 0 Å². The van der Waals surface area contributed by atoms with E-state index in [4.69, 9.17) is 0 Å². The van der Waals surface area contributed by atoms with Crippen LogP contribution in [0.4, 0.5) is 0 Å². The van der Waals surface area contributed by atoms with Crippen LogP contribution in [0.3, 0.4) is 0 Å². The Balaban J connectivity index is 0.000000980. The van der Waals surface area contributed by atoms with Gasteiger partial charge in [-0.25, -0.2) is 0 Å². The highest BCUT2D eigenvalue weighted by Gasteiger charge is 1.93. The molecule has 0 aliphatic heterocycles. The van der Waals surface area contributed by atoms with Crippen molar-refractivity contribution in [2.75, 3.05) is 0 Å². The minimum absolute atomic E-state index is 0. The summed E-state index contributed by atoms with van der Waals surface area (Å²) < 4.78 is 0. The van der Waals surface area contributed by atoms with Gasteiger partial charge in [0, 0.05) is 6.42 Å². The van der Waals surface area contributed by atoms with Crippen LogP contribution in [0.2, 0.25) is 0 Å². The van der Waals surface area contributed by atoms with Crippen LogP contribution >= 0.6 is 0 Å². The van der Waals surface area contributed by atoms with Gasteiger partial charge in [0.05, 0.1) is 0 Å². The van der Waals surface area contributed by atoms with Gasteiger partial charge in [0.15, 0.2) is 0 Å². The van der Waals surface area contributed by atoms with Crippen LogP contribution in [0, 0.1) is 6.42 Å². The molecule has 0 aliphatic rings. The van der Waals surface area contributed by atoms with Crippen molar-refractivity contribution >= 4 is 0 Å². The summed E-state index contributed by atoms with van der Waals surface area (Å²) >= 11 is 0. The van der Waals surface area contributed by atoms with Crippen molar-refractivity contribution in [3.8, 4) is 0 Å². The van der Waals surface area contributed by atoms with Crippen LogP contribution in [0.5, 0.6) is 0 Å². The van der Waals surface area contributed by atoms with Gasteiger partial charge in [-0.05, 0) is 11.1 Å². The van der Waals surface area contributed by atoms with Gasteiger partial charge in [0.2, 0.25) is 0 Å². The highest BCUT2D eigenvalue weighted by molar-refractivity contribution is 5.36. The van der Waals surface area contributed by atoms with Crippen LogP contribution in [0.1, 0.15) is 12.6 Å². The van der Waals surface area contributed by atoms with Gasteiger partial charge in [0.25, 0.3) is 0 Å². The Morgan fingerprint density at radius 2 is 1.00 bits per heavy atom. The molecule has 0 spiro atoms. The van der Waals surface area contributed by atoms with E-state index in [2.05, 4.69) is 55.0 Å². The topological polar surface area (TPSA) is 0 Å². The molecule has 0 fully saturated rings. The van der Waals surface area contributed by atoms with E-state index in [9.17, 15) is 0 Å². The summed E-state index contributed by atoms with van der Waals surface area (Å²) in [6.45, 7) is 0. The summed E-state index contributed by atoms with van der Waals surface area (Å²) in [7, 11) is 0. The molecule has 0 aliphatic carbocycles. The van der Waals surface area contributed by atoms with Gasteiger partial charge in [0.1, 0.15) is 0 Å². The Morgan fingerprint density at radius 3 is 1.38 bits per heavy atom. The van der Waals surface area contributed by atoms with Crippen molar-refractivity contribution in [1.82, 2.24) is 0 Å². The highest BCUT2D eigenvalue weighted by atomic mass is 14.0. The minimum Gasteiger partial charge on any atom is -0.0622 e. The molecule has 63 valence electrons. The van der Waals surface area contributed by atoms with E-state index in [-0.39, 0.29) is 1.43 Å². The third kappa shape index (κ3) is 2.19. The van der Waals surface area contributed by atoms with E-state index in [1.807, 2.05) is 12.1 Å². The van der Waals surface area contributed by atoms with Gasteiger partial charge in [-0.1, -0.05) is 60.7 Å². The Hall–Kier alpha value is -1.56. The normalized spacial score (nSPS) is 9.85. The fraction of sp³-hybridized carbons (Fsp3) is 0. The summed E-state index contributed by atoms with van der Waals surface area (Å²) in [5.41, 5.74) is 2.49. The second-order valence-electron chi connectivity index (χ2n) is 2.97. The van der Waals surface area contributed by atoms with Crippen molar-refractivity contribution in [3.63, 3.8) is 0 Å². The predicted octanol–water partition coefficient (Wildman–Crippen LogP) is 3.40. The van der Waals surface area contributed by atoms with E-state index < -0.39 is 0 Å². The Bertz CT molecular complexity index is 316. The Morgan fingerprint density at radius 1 is 0.615 bits per heavy atom. The van der Waals surface area contributed by atoms with Crippen molar-refractivity contribution in [2.24, 2.45) is 0 Å². The van der Waals surface area contributed by atoms with Gasteiger partial charge in [-0.2, -0.15) is 0 Å². The van der Waals surface area contributed by atoms with E-state index in [0.29, 0.717) is 0 Å². The molecule has 0 aromatic heterocycles. The fourth-order valence-electron chi connectivity index (χ4n) is 1.29. The summed E-state index contributed by atoms with van der Waals surface area (Å²) in [5, 5.41) is 0. The molecule has 1 radical (unpaired) electrons. The molecule has 0 atom stereocenters. The molecule has 13 heavy (non-hydrogen) atoms. The van der Waals surface area contributed by atoms with Crippen LogP contribution in [-0.4, -0.2) is 0 Å². The molecule has 2 aromatic carbocycles. The first-order chi connectivity index (χ1) is 6.45. The lowest BCUT2D eigenvalue weighted by Crippen LogP contribution is -1.82. The third-order valence-corrected chi connectivity index (χ3v) is 1.93. The van der Waals surface area contributed by atoms with Crippen molar-refractivity contribution in [3.05, 3.63) is 78.2 Å². The van der Waals surface area contributed by atoms with Gasteiger partial charge < -0.3 is 0 Å². The van der Waals surface area contributed by atoms with E-state index in [1.165, 1.54) is 11.1 Å². The lowest BCUT2D eigenvalue weighted by atomic mass is 10.1. The molecule has 0 bridgehead atoms. The molecule has 0 unspecified atom stereocenters. The van der Waals surface area contributed by atoms with Crippen LogP contribution in [-0.2, 0) is 0 Å². The lowest BCUT2D eigenvalue weighted by Gasteiger charge is -1.99. The maximum atomic E-state index is 2.17. The first-order valence-electron chi connectivity index (χ1n) is 4.40. The standard InChI is InChI=1S/C13H11/c1-3-7-12(8-4-1)11-13-9-5-2-6-10-13/h1-11H/p+1. The number of benzene rings is 2. The van der Waals surface area contributed by atoms with Crippen LogP contribution < -0.4 is 0 Å². The monoisotopic (exact) mass is 168 g/mol. The van der Waals surface area contributed by atoms with Crippen molar-refractivity contribution < 1.29 is 1.43 Å². The predicted molar refractivity (Wildman–Crippen MR) is 56.5 cm³/mol. The second-order valence-corrected chi connectivity index (χ2v) is 2.97. The zero-order valence-corrected chi connectivity index (χ0v) is 7.35. The molecule has 0 heterocycles. The van der Waals surface area contributed by atoms with E-state index in [1.54, 1.807) is 0 Å². The number of rotatable bonds is 2. The lowest BCUT2D eigenvalue weighted by molar-refractivity contribution is 1.43. The average Bonchev–Trinajstić information content (AvgIpc) is 2.21. The van der Waals surface area contributed by atoms with Crippen LogP contribution in [0.25, 0.3) is 0 Å². The molecule has 0 saturated carbocycles. The molecule has 0 saturated heterocycles. The zero-order valence-electron chi connectivity index (χ0n) is 8.35. The molecule has 2 aromatic rings. The summed E-state index contributed by atoms with van der Waals surface area (Å²) in [5.74, 6) is 0. The maximum Gasteiger partial charge on any atom is 1.00 e. The largest absolute Gasteiger partial charge is 1.00 e. The average molecular weight is 168 g/mol. The Labute approximate surface area is 80.3 Å². The first-order valence-corrected chi connectivity index (χ1v) is 4.40. The maximum absolute atomic E-state index is 2.17. The summed E-state index contributed by atoms with van der Waals surface area (Å²) in [6, 6.07) is 20.7. The van der Waals surface area contributed by atoms with Gasteiger partial charge in [-0.3, -0.25) is 0 Å². The van der Waals surface area contributed by atoms with E-state index >= 15 is 0 Å². The number of hydrogen-bond acceptors (Lipinski definition) is 0. The third-order valence-electron chi connectivity index (χ3n) is 1.93. The second kappa shape index (κ2) is 3.90. The molecule has 0 nitrogen and oxygen atoms in total. The zero-order chi connectivity index (χ0) is 8.93. The minimum atomic E-state index is 0. The quantitative estimate of drug-likeness (QED) is 0.644. The smallest absolute Gasteiger partial charge is 0.0622 e. The molecule has 2 rings (SSSR count).